The van der Waals surface area contributed by atoms with E-state index in [2.05, 4.69) is 20.9 Å². The number of anilines is 1. The third kappa shape index (κ3) is 3.19. The first-order chi connectivity index (χ1) is 10.3. The number of hydrogen-bond acceptors (Lipinski definition) is 5. The van der Waals surface area contributed by atoms with Gasteiger partial charge in [0.1, 0.15) is 5.82 Å². The van der Waals surface area contributed by atoms with Crippen LogP contribution in [-0.4, -0.2) is 34.6 Å². The van der Waals surface area contributed by atoms with Crippen LogP contribution in [0.2, 0.25) is 0 Å². The first-order valence-corrected chi connectivity index (χ1v) is 7.47. The fourth-order valence-corrected chi connectivity index (χ4v) is 2.74. The second kappa shape index (κ2) is 6.18. The number of rotatable bonds is 3. The average molecular weight is 283 g/mol. The lowest BCUT2D eigenvalue weighted by atomic mass is 9.97. The standard InChI is InChI=1S/C16H21N5/c1-12-10-15(21-8-4-13(11-17)5-9-21)20-16(19-12)14-2-6-18-7-3-14/h2-3,6-7,10,13H,4-5,8-9,11,17H2,1H3. The van der Waals surface area contributed by atoms with Crippen LogP contribution >= 0.6 is 0 Å². The van der Waals surface area contributed by atoms with E-state index in [0.717, 1.165) is 55.4 Å². The summed E-state index contributed by atoms with van der Waals surface area (Å²) in [6.45, 7) is 4.85. The van der Waals surface area contributed by atoms with E-state index >= 15 is 0 Å². The van der Waals surface area contributed by atoms with E-state index in [1.807, 2.05) is 19.1 Å². The smallest absolute Gasteiger partial charge is 0.161 e. The maximum absolute atomic E-state index is 5.76. The Labute approximate surface area is 125 Å². The van der Waals surface area contributed by atoms with Gasteiger partial charge in [-0.1, -0.05) is 0 Å². The Kier molecular flexibility index (Phi) is 4.10. The Morgan fingerprint density at radius 3 is 2.57 bits per heavy atom. The van der Waals surface area contributed by atoms with Crippen LogP contribution in [0.4, 0.5) is 5.82 Å². The molecule has 0 unspecified atom stereocenters. The Bertz CT molecular complexity index is 591. The lowest BCUT2D eigenvalue weighted by Crippen LogP contribution is -2.36. The van der Waals surface area contributed by atoms with Crippen LogP contribution in [0.25, 0.3) is 11.4 Å². The van der Waals surface area contributed by atoms with Gasteiger partial charge >= 0.3 is 0 Å². The molecule has 1 saturated heterocycles. The van der Waals surface area contributed by atoms with Crippen molar-refractivity contribution in [3.05, 3.63) is 36.3 Å². The van der Waals surface area contributed by atoms with E-state index in [9.17, 15) is 0 Å². The molecule has 3 heterocycles. The van der Waals surface area contributed by atoms with Crippen LogP contribution in [0.5, 0.6) is 0 Å². The number of nitrogens with two attached hydrogens (primary N) is 1. The van der Waals surface area contributed by atoms with Gasteiger partial charge in [0.25, 0.3) is 0 Å². The molecule has 1 aliphatic heterocycles. The summed E-state index contributed by atoms with van der Waals surface area (Å²) in [5.74, 6) is 2.45. The van der Waals surface area contributed by atoms with Crippen molar-refractivity contribution >= 4 is 5.82 Å². The highest BCUT2D eigenvalue weighted by molar-refractivity contribution is 5.57. The molecule has 0 aromatic carbocycles. The summed E-state index contributed by atoms with van der Waals surface area (Å²) < 4.78 is 0. The van der Waals surface area contributed by atoms with Crippen LogP contribution in [-0.2, 0) is 0 Å². The van der Waals surface area contributed by atoms with Gasteiger partial charge in [-0.25, -0.2) is 9.97 Å². The Morgan fingerprint density at radius 2 is 1.90 bits per heavy atom. The van der Waals surface area contributed by atoms with Gasteiger partial charge in [-0.2, -0.15) is 0 Å². The molecular weight excluding hydrogens is 262 g/mol. The summed E-state index contributed by atoms with van der Waals surface area (Å²) in [5.41, 5.74) is 7.76. The molecule has 0 atom stereocenters. The van der Waals surface area contributed by atoms with Crippen molar-refractivity contribution in [1.82, 2.24) is 15.0 Å². The number of hydrogen-bond donors (Lipinski definition) is 1. The molecule has 5 heteroatoms. The first kappa shape index (κ1) is 13.9. The molecule has 21 heavy (non-hydrogen) atoms. The van der Waals surface area contributed by atoms with E-state index in [4.69, 9.17) is 10.7 Å². The molecule has 0 radical (unpaired) electrons. The number of piperidine rings is 1. The average Bonchev–Trinajstić information content (AvgIpc) is 2.55. The second-order valence-corrected chi connectivity index (χ2v) is 5.59. The highest BCUT2D eigenvalue weighted by Crippen LogP contribution is 2.24. The minimum Gasteiger partial charge on any atom is -0.356 e. The lowest BCUT2D eigenvalue weighted by molar-refractivity contribution is 0.413. The van der Waals surface area contributed by atoms with E-state index in [1.54, 1.807) is 12.4 Å². The predicted octanol–water partition coefficient (Wildman–Crippen LogP) is 2.02. The molecule has 110 valence electrons. The SMILES string of the molecule is Cc1cc(N2CCC(CN)CC2)nc(-c2ccncc2)n1. The van der Waals surface area contributed by atoms with Crippen LogP contribution in [0.1, 0.15) is 18.5 Å². The van der Waals surface area contributed by atoms with Crippen molar-refractivity contribution in [1.29, 1.82) is 0 Å². The fraction of sp³-hybridized carbons (Fsp3) is 0.438. The monoisotopic (exact) mass is 283 g/mol. The van der Waals surface area contributed by atoms with Crippen molar-refractivity contribution in [3.63, 3.8) is 0 Å². The maximum atomic E-state index is 5.76. The van der Waals surface area contributed by atoms with Gasteiger partial charge in [-0.3, -0.25) is 4.98 Å². The van der Waals surface area contributed by atoms with Gasteiger partial charge in [-0.05, 0) is 44.4 Å². The second-order valence-electron chi connectivity index (χ2n) is 5.59. The Hall–Kier alpha value is -2.01. The minimum atomic E-state index is 0.656. The zero-order chi connectivity index (χ0) is 14.7. The van der Waals surface area contributed by atoms with Gasteiger partial charge in [0.2, 0.25) is 0 Å². The molecule has 0 aliphatic carbocycles. The molecule has 0 bridgehead atoms. The van der Waals surface area contributed by atoms with Crippen molar-refractivity contribution < 1.29 is 0 Å². The van der Waals surface area contributed by atoms with Gasteiger partial charge in [-0.15, -0.1) is 0 Å². The quantitative estimate of drug-likeness (QED) is 0.933. The summed E-state index contributed by atoms with van der Waals surface area (Å²) in [6, 6.07) is 5.95. The normalized spacial score (nSPS) is 16.2. The largest absolute Gasteiger partial charge is 0.356 e. The molecule has 3 rings (SSSR count). The van der Waals surface area contributed by atoms with Crippen LogP contribution in [0.3, 0.4) is 0 Å². The lowest BCUT2D eigenvalue weighted by Gasteiger charge is -2.32. The fourth-order valence-electron chi connectivity index (χ4n) is 2.74. The van der Waals surface area contributed by atoms with E-state index in [0.29, 0.717) is 5.92 Å². The number of aryl methyl sites for hydroxylation is 1. The highest BCUT2D eigenvalue weighted by Gasteiger charge is 2.20. The Morgan fingerprint density at radius 1 is 1.19 bits per heavy atom. The third-order valence-corrected chi connectivity index (χ3v) is 4.05. The molecule has 0 spiro atoms. The van der Waals surface area contributed by atoms with Crippen molar-refractivity contribution in [2.24, 2.45) is 11.7 Å². The van der Waals surface area contributed by atoms with Gasteiger partial charge in [0.05, 0.1) is 0 Å². The topological polar surface area (TPSA) is 67.9 Å². The Balaban J connectivity index is 1.85. The summed E-state index contributed by atoms with van der Waals surface area (Å²) in [5, 5.41) is 0. The zero-order valence-electron chi connectivity index (χ0n) is 12.4. The summed E-state index contributed by atoms with van der Waals surface area (Å²) >= 11 is 0. The highest BCUT2D eigenvalue weighted by atomic mass is 15.2. The molecule has 2 aromatic rings. The molecule has 5 nitrogen and oxygen atoms in total. The van der Waals surface area contributed by atoms with Gasteiger partial charge in [0, 0.05) is 42.8 Å². The maximum Gasteiger partial charge on any atom is 0.161 e. The third-order valence-electron chi connectivity index (χ3n) is 4.05. The number of nitrogens with zero attached hydrogens (tertiary/aromatic N) is 4. The predicted molar refractivity (Wildman–Crippen MR) is 84.0 cm³/mol. The van der Waals surface area contributed by atoms with Crippen molar-refractivity contribution in [2.45, 2.75) is 19.8 Å². The summed E-state index contributed by atoms with van der Waals surface area (Å²) in [7, 11) is 0. The summed E-state index contributed by atoms with van der Waals surface area (Å²) in [6.07, 6.45) is 5.83. The molecular formula is C16H21N5. The molecule has 1 aliphatic rings. The van der Waals surface area contributed by atoms with E-state index in [1.165, 1.54) is 0 Å². The van der Waals surface area contributed by atoms with E-state index in [-0.39, 0.29) is 0 Å². The van der Waals surface area contributed by atoms with Crippen LogP contribution in [0.15, 0.2) is 30.6 Å². The van der Waals surface area contributed by atoms with Crippen LogP contribution < -0.4 is 10.6 Å². The van der Waals surface area contributed by atoms with E-state index < -0.39 is 0 Å². The number of aromatic nitrogens is 3. The molecule has 2 aromatic heterocycles. The van der Waals surface area contributed by atoms with Crippen molar-refractivity contribution in [3.8, 4) is 11.4 Å². The van der Waals surface area contributed by atoms with Crippen molar-refractivity contribution in [2.75, 3.05) is 24.5 Å². The first-order valence-electron chi connectivity index (χ1n) is 7.47. The molecule has 1 fully saturated rings. The zero-order valence-corrected chi connectivity index (χ0v) is 12.4. The molecule has 0 amide bonds. The van der Waals surface area contributed by atoms with Crippen LogP contribution in [0, 0.1) is 12.8 Å². The minimum absolute atomic E-state index is 0.656. The van der Waals surface area contributed by atoms with Gasteiger partial charge < -0.3 is 10.6 Å². The molecule has 0 saturated carbocycles. The summed E-state index contributed by atoms with van der Waals surface area (Å²) in [4.78, 5) is 15.7. The van der Waals surface area contributed by atoms with Gasteiger partial charge in [0.15, 0.2) is 5.82 Å². The number of pyridine rings is 1. The molecule has 2 N–H and O–H groups in total.